The van der Waals surface area contributed by atoms with E-state index in [9.17, 15) is 9.59 Å². The number of nitrogens with one attached hydrogen (secondary N) is 1. The third-order valence-electron chi connectivity index (χ3n) is 6.06. The van der Waals surface area contributed by atoms with Crippen molar-refractivity contribution < 1.29 is 19.1 Å². The van der Waals surface area contributed by atoms with Crippen molar-refractivity contribution in [2.75, 3.05) is 14.2 Å². The smallest absolute Gasteiger partial charge is 0.251 e. The molecule has 0 unspecified atom stereocenters. The number of ketones is 1. The molecule has 2 aromatic carbocycles. The van der Waals surface area contributed by atoms with E-state index in [0.717, 1.165) is 28.1 Å². The van der Waals surface area contributed by atoms with Crippen LogP contribution < -0.4 is 14.8 Å². The van der Waals surface area contributed by atoms with Crippen LogP contribution in [0.5, 0.6) is 11.5 Å². The maximum atomic E-state index is 13.3. The Labute approximate surface area is 187 Å². The lowest BCUT2D eigenvalue weighted by atomic mass is 9.76. The molecule has 0 aliphatic heterocycles. The van der Waals surface area contributed by atoms with Gasteiger partial charge in [-0.25, -0.2) is 0 Å². The zero-order valence-electron chi connectivity index (χ0n) is 18.9. The molecule has 7 nitrogen and oxygen atoms in total. The summed E-state index contributed by atoms with van der Waals surface area (Å²) in [5.41, 5.74) is 5.03. The molecule has 0 spiro atoms. The fourth-order valence-corrected chi connectivity index (χ4v) is 4.54. The van der Waals surface area contributed by atoms with Crippen LogP contribution >= 0.6 is 0 Å². The fraction of sp³-hybridized carbons (Fsp3) is 0.320. The number of aromatic nitrogens is 2. The molecular weight excluding hydrogens is 406 g/mol. The Morgan fingerprint density at radius 2 is 1.84 bits per heavy atom. The van der Waals surface area contributed by atoms with Gasteiger partial charge in [-0.05, 0) is 43.7 Å². The fourth-order valence-electron chi connectivity index (χ4n) is 4.54. The molecule has 1 aromatic heterocycles. The van der Waals surface area contributed by atoms with Crippen molar-refractivity contribution in [3.8, 4) is 11.5 Å². The van der Waals surface area contributed by atoms with Gasteiger partial charge in [-0.1, -0.05) is 23.8 Å². The van der Waals surface area contributed by atoms with E-state index in [4.69, 9.17) is 9.47 Å². The zero-order valence-corrected chi connectivity index (χ0v) is 18.9. The van der Waals surface area contributed by atoms with Crippen LogP contribution in [0.3, 0.4) is 0 Å². The Morgan fingerprint density at radius 1 is 1.09 bits per heavy atom. The highest BCUT2D eigenvalue weighted by Crippen LogP contribution is 2.40. The lowest BCUT2D eigenvalue weighted by Gasteiger charge is -2.32. The Balaban J connectivity index is 1.81. The summed E-state index contributed by atoms with van der Waals surface area (Å²) in [5, 5.41) is 7.56. The number of carbonyl (C=O) groups excluding carboxylic acids is 2. The van der Waals surface area contributed by atoms with Gasteiger partial charge >= 0.3 is 0 Å². The number of carbonyl (C=O) groups is 2. The van der Waals surface area contributed by atoms with Crippen molar-refractivity contribution in [2.45, 2.75) is 32.2 Å². The molecule has 1 N–H and O–H groups in total. The number of rotatable bonds is 5. The molecule has 1 aliphatic rings. The minimum atomic E-state index is -0.725. The van der Waals surface area contributed by atoms with E-state index in [1.807, 2.05) is 57.3 Å². The van der Waals surface area contributed by atoms with Crippen LogP contribution in [0.4, 0.5) is 0 Å². The lowest BCUT2D eigenvalue weighted by Crippen LogP contribution is -2.48. The Morgan fingerprint density at radius 3 is 2.53 bits per heavy atom. The van der Waals surface area contributed by atoms with Crippen molar-refractivity contribution >= 4 is 11.7 Å². The maximum Gasteiger partial charge on any atom is 0.251 e. The van der Waals surface area contributed by atoms with Crippen molar-refractivity contribution in [3.63, 3.8) is 0 Å². The van der Waals surface area contributed by atoms with Crippen LogP contribution in [0.2, 0.25) is 0 Å². The van der Waals surface area contributed by atoms with Crippen LogP contribution in [0.25, 0.3) is 0 Å². The van der Waals surface area contributed by atoms with Gasteiger partial charge < -0.3 is 14.8 Å². The first-order valence-electron chi connectivity index (χ1n) is 10.5. The number of nitrogens with zero attached hydrogens (tertiary/aromatic N) is 2. The predicted octanol–water partition coefficient (Wildman–Crippen LogP) is 3.11. The second kappa shape index (κ2) is 8.49. The van der Waals surface area contributed by atoms with E-state index in [2.05, 4.69) is 10.4 Å². The monoisotopic (exact) mass is 433 g/mol. The molecular formula is C25H27N3O4. The number of benzene rings is 2. The zero-order chi connectivity index (χ0) is 23.0. The number of hydrogen-bond acceptors (Lipinski definition) is 5. The van der Waals surface area contributed by atoms with E-state index < -0.39 is 12.0 Å². The largest absolute Gasteiger partial charge is 0.493 e. The van der Waals surface area contributed by atoms with Crippen molar-refractivity contribution in [2.24, 2.45) is 7.05 Å². The van der Waals surface area contributed by atoms with Gasteiger partial charge in [0, 0.05) is 29.8 Å². The minimum Gasteiger partial charge on any atom is -0.493 e. The molecule has 1 amide bonds. The number of aryl methyl sites for hydroxylation is 3. The summed E-state index contributed by atoms with van der Waals surface area (Å²) in [6, 6.07) is 12.2. The molecule has 3 aromatic rings. The van der Waals surface area contributed by atoms with Crippen LogP contribution in [0.15, 0.2) is 42.5 Å². The molecule has 0 saturated heterocycles. The van der Waals surface area contributed by atoms with Gasteiger partial charge in [-0.3, -0.25) is 14.3 Å². The molecule has 0 bridgehead atoms. The predicted molar refractivity (Wildman–Crippen MR) is 120 cm³/mol. The summed E-state index contributed by atoms with van der Waals surface area (Å²) >= 11 is 0. The first-order chi connectivity index (χ1) is 15.3. The number of Topliss-reactive ketones (excluding diaryl/α,β-unsaturated/α-hetero) is 1. The van der Waals surface area contributed by atoms with E-state index >= 15 is 0 Å². The molecule has 166 valence electrons. The Kier molecular flexibility index (Phi) is 5.74. The third kappa shape index (κ3) is 3.75. The summed E-state index contributed by atoms with van der Waals surface area (Å²) in [6.45, 7) is 3.86. The van der Waals surface area contributed by atoms with Crippen molar-refractivity contribution in [1.82, 2.24) is 15.1 Å². The average molecular weight is 434 g/mol. The van der Waals surface area contributed by atoms with E-state index in [1.165, 1.54) is 0 Å². The molecule has 0 radical (unpaired) electrons. The standard InChI is InChI=1S/C25H27N3O4/c1-14-7-6-8-17(11-14)25(30)26-24-19(29)13-18-22(15(2)27-28(18)3)23(24)16-9-10-20(31-4)21(12-16)32-5/h6-12,23-24H,13H2,1-5H3,(H,26,30)/t23-,24-/m1/s1. The molecule has 1 aliphatic carbocycles. The molecule has 7 heteroatoms. The second-order valence-electron chi connectivity index (χ2n) is 8.13. The Hall–Kier alpha value is -3.61. The van der Waals surface area contributed by atoms with Gasteiger partial charge in [0.15, 0.2) is 17.3 Å². The Bertz CT molecular complexity index is 1200. The minimum absolute atomic E-state index is 0.0544. The quantitative estimate of drug-likeness (QED) is 0.669. The highest BCUT2D eigenvalue weighted by molar-refractivity contribution is 5.99. The van der Waals surface area contributed by atoms with Crippen LogP contribution in [0.1, 0.15) is 44.4 Å². The lowest BCUT2D eigenvalue weighted by molar-refractivity contribution is -0.121. The van der Waals surface area contributed by atoms with Gasteiger partial charge in [-0.15, -0.1) is 0 Å². The highest BCUT2D eigenvalue weighted by Gasteiger charge is 2.41. The number of fused-ring (bicyclic) bond motifs is 1. The molecule has 2 atom stereocenters. The molecule has 0 saturated carbocycles. The molecule has 0 fully saturated rings. The average Bonchev–Trinajstić information content (AvgIpc) is 3.06. The summed E-state index contributed by atoms with van der Waals surface area (Å²) in [5.74, 6) is 0.439. The van der Waals surface area contributed by atoms with Crippen LogP contribution in [-0.2, 0) is 18.3 Å². The van der Waals surface area contributed by atoms with Crippen molar-refractivity contribution in [3.05, 3.63) is 76.1 Å². The number of hydrogen-bond donors (Lipinski definition) is 1. The van der Waals surface area contributed by atoms with Crippen molar-refractivity contribution in [1.29, 1.82) is 0 Å². The van der Waals surface area contributed by atoms with Crippen LogP contribution in [-0.4, -0.2) is 41.7 Å². The van der Waals surface area contributed by atoms with Crippen LogP contribution in [0, 0.1) is 13.8 Å². The highest BCUT2D eigenvalue weighted by atomic mass is 16.5. The molecule has 1 heterocycles. The van der Waals surface area contributed by atoms with E-state index in [0.29, 0.717) is 17.1 Å². The van der Waals surface area contributed by atoms with E-state index in [1.54, 1.807) is 25.0 Å². The SMILES string of the molecule is COc1ccc([C@@H]2c3c(C)nn(C)c3CC(=O)[C@H]2NC(=O)c2cccc(C)c2)cc1OC. The first kappa shape index (κ1) is 21.6. The van der Waals surface area contributed by atoms with E-state index in [-0.39, 0.29) is 18.1 Å². The van der Waals surface area contributed by atoms with Gasteiger partial charge in [0.2, 0.25) is 0 Å². The van der Waals surface area contributed by atoms with Gasteiger partial charge in [0.05, 0.1) is 32.4 Å². The third-order valence-corrected chi connectivity index (χ3v) is 6.06. The second-order valence-corrected chi connectivity index (χ2v) is 8.13. The number of methoxy groups -OCH3 is 2. The molecule has 32 heavy (non-hydrogen) atoms. The topological polar surface area (TPSA) is 82.5 Å². The number of amides is 1. The summed E-state index contributed by atoms with van der Waals surface area (Å²) in [6.07, 6.45) is 0.217. The summed E-state index contributed by atoms with van der Waals surface area (Å²) in [7, 11) is 5.00. The van der Waals surface area contributed by atoms with Gasteiger partial charge in [0.25, 0.3) is 5.91 Å². The molecule has 4 rings (SSSR count). The number of ether oxygens (including phenoxy) is 2. The normalized spacial score (nSPS) is 17.6. The maximum absolute atomic E-state index is 13.3. The van der Waals surface area contributed by atoms with Gasteiger partial charge in [0.1, 0.15) is 0 Å². The summed E-state index contributed by atoms with van der Waals surface area (Å²) in [4.78, 5) is 26.4. The van der Waals surface area contributed by atoms with Gasteiger partial charge in [-0.2, -0.15) is 5.10 Å². The summed E-state index contributed by atoms with van der Waals surface area (Å²) < 4.78 is 12.6. The first-order valence-corrected chi connectivity index (χ1v) is 10.5.